The summed E-state index contributed by atoms with van der Waals surface area (Å²) >= 11 is 6.58. The monoisotopic (exact) mass is 450 g/mol. The lowest BCUT2D eigenvalue weighted by atomic mass is 10.3. The summed E-state index contributed by atoms with van der Waals surface area (Å²) < 4.78 is 29.9. The highest BCUT2D eigenvalue weighted by molar-refractivity contribution is 9.11. The number of primary sulfonamides is 1. The molecule has 2 aromatic carbocycles. The van der Waals surface area contributed by atoms with Gasteiger partial charge < -0.3 is 4.74 Å². The summed E-state index contributed by atoms with van der Waals surface area (Å²) in [6.07, 6.45) is 0. The van der Waals surface area contributed by atoms with Crippen LogP contribution >= 0.6 is 31.9 Å². The van der Waals surface area contributed by atoms with E-state index < -0.39 is 25.5 Å². The Morgan fingerprint density at radius 2 is 1.82 bits per heavy atom. The molecule has 0 atom stereocenters. The van der Waals surface area contributed by atoms with Gasteiger partial charge in [-0.1, -0.05) is 15.9 Å². The second-order valence-electron chi connectivity index (χ2n) is 4.11. The Morgan fingerprint density at radius 1 is 1.14 bits per heavy atom. The predicted molar refractivity (Wildman–Crippen MR) is 86.4 cm³/mol. The van der Waals surface area contributed by atoms with Crippen LogP contribution in [0.25, 0.3) is 0 Å². The van der Waals surface area contributed by atoms with Gasteiger partial charge in [0.25, 0.3) is 5.69 Å². The number of sulfonamides is 1. The molecule has 2 rings (SSSR count). The molecule has 0 unspecified atom stereocenters. The van der Waals surface area contributed by atoms with Gasteiger partial charge >= 0.3 is 0 Å². The first-order valence-corrected chi connectivity index (χ1v) is 8.76. The standard InChI is InChI=1S/C12H8Br2N2O5S/c13-7-1-4-11(9(14)5-7)21-8-2-3-10(16(17)18)12(6-8)22(15,19)20/h1-6H,(H2,15,19,20). The van der Waals surface area contributed by atoms with Crippen LogP contribution < -0.4 is 9.88 Å². The molecule has 0 amide bonds. The summed E-state index contributed by atoms with van der Waals surface area (Å²) in [6, 6.07) is 8.45. The fourth-order valence-electron chi connectivity index (χ4n) is 1.62. The van der Waals surface area contributed by atoms with Gasteiger partial charge in [0, 0.05) is 16.6 Å². The van der Waals surface area contributed by atoms with E-state index in [1.165, 1.54) is 6.07 Å². The molecule has 0 aliphatic rings. The summed E-state index contributed by atoms with van der Waals surface area (Å²) in [5, 5.41) is 15.9. The Bertz CT molecular complexity index is 855. The molecule has 0 radical (unpaired) electrons. The minimum atomic E-state index is -4.25. The average molecular weight is 452 g/mol. The number of nitrogens with zero attached hydrogens (tertiary/aromatic N) is 1. The number of nitro groups is 1. The second-order valence-corrected chi connectivity index (χ2v) is 7.41. The molecule has 0 heterocycles. The normalized spacial score (nSPS) is 11.2. The SMILES string of the molecule is NS(=O)(=O)c1cc(Oc2ccc(Br)cc2Br)ccc1[N+](=O)[O-]. The van der Waals surface area contributed by atoms with Gasteiger partial charge in [-0.15, -0.1) is 0 Å². The van der Waals surface area contributed by atoms with Crippen molar-refractivity contribution in [1.82, 2.24) is 0 Å². The lowest BCUT2D eigenvalue weighted by Crippen LogP contribution is -2.14. The molecular weight excluding hydrogens is 444 g/mol. The zero-order valence-electron chi connectivity index (χ0n) is 10.7. The maximum atomic E-state index is 11.5. The van der Waals surface area contributed by atoms with Gasteiger partial charge in [0.1, 0.15) is 11.5 Å². The van der Waals surface area contributed by atoms with Crippen molar-refractivity contribution in [2.24, 2.45) is 5.14 Å². The van der Waals surface area contributed by atoms with Gasteiger partial charge in [-0.05, 0) is 40.2 Å². The number of nitrogens with two attached hydrogens (primary N) is 1. The van der Waals surface area contributed by atoms with Gasteiger partial charge in [-0.2, -0.15) is 0 Å². The zero-order chi connectivity index (χ0) is 16.5. The van der Waals surface area contributed by atoms with E-state index in [9.17, 15) is 18.5 Å². The minimum Gasteiger partial charge on any atom is -0.456 e. The summed E-state index contributed by atoms with van der Waals surface area (Å²) in [6.45, 7) is 0. The largest absolute Gasteiger partial charge is 0.456 e. The van der Waals surface area contributed by atoms with Crippen molar-refractivity contribution in [2.75, 3.05) is 0 Å². The first-order valence-electron chi connectivity index (χ1n) is 5.62. The van der Waals surface area contributed by atoms with Crippen LogP contribution in [0.2, 0.25) is 0 Å². The highest BCUT2D eigenvalue weighted by atomic mass is 79.9. The Hall–Kier alpha value is -1.49. The van der Waals surface area contributed by atoms with E-state index in [-0.39, 0.29) is 5.75 Å². The van der Waals surface area contributed by atoms with Crippen molar-refractivity contribution in [2.45, 2.75) is 4.90 Å². The number of hydrogen-bond acceptors (Lipinski definition) is 5. The number of nitro benzene ring substituents is 1. The van der Waals surface area contributed by atoms with Crippen LogP contribution in [-0.4, -0.2) is 13.3 Å². The van der Waals surface area contributed by atoms with Crippen LogP contribution in [0.1, 0.15) is 0 Å². The first-order chi connectivity index (χ1) is 10.2. The molecule has 2 N–H and O–H groups in total. The summed E-state index contributed by atoms with van der Waals surface area (Å²) in [7, 11) is -4.25. The predicted octanol–water partition coefficient (Wildman–Crippen LogP) is 3.56. The van der Waals surface area contributed by atoms with E-state index in [1.807, 2.05) is 0 Å². The molecule has 0 spiro atoms. The first kappa shape index (κ1) is 16.9. The number of halogens is 2. The molecule has 7 nitrogen and oxygen atoms in total. The maximum absolute atomic E-state index is 11.5. The Kier molecular flexibility index (Phi) is 4.85. The molecule has 22 heavy (non-hydrogen) atoms. The number of ether oxygens (including phenoxy) is 1. The van der Waals surface area contributed by atoms with Gasteiger partial charge in [-0.3, -0.25) is 10.1 Å². The molecule has 0 aliphatic heterocycles. The van der Waals surface area contributed by atoms with Gasteiger partial charge in [0.2, 0.25) is 10.0 Å². The van der Waals surface area contributed by atoms with Crippen molar-refractivity contribution >= 4 is 47.6 Å². The van der Waals surface area contributed by atoms with Crippen LogP contribution in [0.3, 0.4) is 0 Å². The number of benzene rings is 2. The van der Waals surface area contributed by atoms with E-state index in [0.29, 0.717) is 10.2 Å². The van der Waals surface area contributed by atoms with Gasteiger partial charge in [-0.25, -0.2) is 13.6 Å². The van der Waals surface area contributed by atoms with Crippen LogP contribution in [0.5, 0.6) is 11.5 Å². The third-order valence-corrected chi connectivity index (χ3v) is 4.61. The molecular formula is C12H8Br2N2O5S. The van der Waals surface area contributed by atoms with Gasteiger partial charge in [0.15, 0.2) is 4.90 Å². The van der Waals surface area contributed by atoms with Crippen molar-refractivity contribution < 1.29 is 18.1 Å². The topological polar surface area (TPSA) is 113 Å². The smallest absolute Gasteiger partial charge is 0.289 e. The van der Waals surface area contributed by atoms with Gasteiger partial charge in [0.05, 0.1) is 9.40 Å². The lowest BCUT2D eigenvalue weighted by molar-refractivity contribution is -0.387. The van der Waals surface area contributed by atoms with Crippen molar-refractivity contribution in [3.05, 3.63) is 55.5 Å². The Labute approximate surface area is 142 Å². The van der Waals surface area contributed by atoms with E-state index in [2.05, 4.69) is 31.9 Å². The number of hydrogen-bond donors (Lipinski definition) is 1. The zero-order valence-corrected chi connectivity index (χ0v) is 14.7. The minimum absolute atomic E-state index is 0.109. The second kappa shape index (κ2) is 6.32. The molecule has 10 heteroatoms. The third-order valence-electron chi connectivity index (χ3n) is 2.56. The molecule has 0 saturated carbocycles. The number of rotatable bonds is 4. The Morgan fingerprint density at radius 3 is 2.36 bits per heavy atom. The quantitative estimate of drug-likeness (QED) is 0.564. The van der Waals surface area contributed by atoms with E-state index in [1.54, 1.807) is 18.2 Å². The molecule has 2 aromatic rings. The van der Waals surface area contributed by atoms with Crippen molar-refractivity contribution in [3.8, 4) is 11.5 Å². The van der Waals surface area contributed by atoms with Crippen LogP contribution in [0.15, 0.2) is 50.2 Å². The maximum Gasteiger partial charge on any atom is 0.289 e. The third kappa shape index (κ3) is 3.83. The molecule has 0 bridgehead atoms. The molecule has 116 valence electrons. The molecule has 0 aromatic heterocycles. The molecule has 0 fully saturated rings. The highest BCUT2D eigenvalue weighted by Crippen LogP contribution is 2.34. The fourth-order valence-corrected chi connectivity index (χ4v) is 3.46. The van der Waals surface area contributed by atoms with Crippen LogP contribution in [-0.2, 0) is 10.0 Å². The van der Waals surface area contributed by atoms with Crippen molar-refractivity contribution in [3.63, 3.8) is 0 Å². The fraction of sp³-hybridized carbons (Fsp3) is 0. The summed E-state index contributed by atoms with van der Waals surface area (Å²) in [5.41, 5.74) is -0.607. The lowest BCUT2D eigenvalue weighted by Gasteiger charge is -2.09. The van der Waals surface area contributed by atoms with Crippen LogP contribution in [0, 0.1) is 10.1 Å². The molecule has 0 aliphatic carbocycles. The summed E-state index contributed by atoms with van der Waals surface area (Å²) in [5.74, 6) is 0.523. The van der Waals surface area contributed by atoms with Crippen LogP contribution in [0.4, 0.5) is 5.69 Å². The Balaban J connectivity index is 2.47. The van der Waals surface area contributed by atoms with E-state index >= 15 is 0 Å². The average Bonchev–Trinajstić information content (AvgIpc) is 2.40. The molecule has 0 saturated heterocycles. The van der Waals surface area contributed by atoms with E-state index in [4.69, 9.17) is 9.88 Å². The highest BCUT2D eigenvalue weighted by Gasteiger charge is 2.23. The van der Waals surface area contributed by atoms with E-state index in [0.717, 1.165) is 16.6 Å². The summed E-state index contributed by atoms with van der Waals surface area (Å²) in [4.78, 5) is 9.43. The van der Waals surface area contributed by atoms with Crippen molar-refractivity contribution in [1.29, 1.82) is 0 Å².